The van der Waals surface area contributed by atoms with Gasteiger partial charge in [0.1, 0.15) is 6.17 Å². The predicted octanol–water partition coefficient (Wildman–Crippen LogP) is 5.48. The van der Waals surface area contributed by atoms with Gasteiger partial charge in [0.25, 0.3) is 5.91 Å². The number of benzene rings is 2. The van der Waals surface area contributed by atoms with E-state index in [-0.39, 0.29) is 5.11 Å². The molecule has 0 fully saturated rings. The zero-order valence-corrected chi connectivity index (χ0v) is 19.1. The molecule has 1 amide bonds. The number of thiocarbonyl (C=S) groups is 1. The van der Waals surface area contributed by atoms with Crippen LogP contribution in [-0.4, -0.2) is 21.0 Å². The maximum atomic E-state index is 12.4. The second-order valence-electron chi connectivity index (χ2n) is 5.85. The smallest absolute Gasteiger partial charge is 0.252 e. The molecule has 3 N–H and O–H groups in total. The second kappa shape index (κ2) is 9.43. The van der Waals surface area contributed by atoms with E-state index in [4.69, 9.17) is 47.0 Å². The number of nitrogens with one attached hydrogen (secondary N) is 3. The van der Waals surface area contributed by atoms with Crippen LogP contribution in [0.1, 0.15) is 21.5 Å². The normalized spacial score (nSPS) is 12.2. The fourth-order valence-corrected chi connectivity index (χ4v) is 2.96. The van der Waals surface area contributed by atoms with Gasteiger partial charge in [-0.1, -0.05) is 56.8 Å². The third kappa shape index (κ3) is 6.80. The van der Waals surface area contributed by atoms with E-state index in [9.17, 15) is 4.79 Å². The summed E-state index contributed by atoms with van der Waals surface area (Å²) < 4.78 is -0.964. The van der Waals surface area contributed by atoms with Gasteiger partial charge in [0.15, 0.2) is 5.11 Å². The van der Waals surface area contributed by atoms with Crippen molar-refractivity contribution >= 4 is 79.7 Å². The Bertz CT molecular complexity index is 841. The summed E-state index contributed by atoms with van der Waals surface area (Å²) in [6, 6.07) is 12.6. The van der Waals surface area contributed by atoms with Crippen molar-refractivity contribution in [1.29, 1.82) is 0 Å². The lowest BCUT2D eigenvalue weighted by atomic mass is 10.1. The minimum atomic E-state index is -1.82. The zero-order valence-electron chi connectivity index (χ0n) is 14.4. The molecule has 0 saturated carbocycles. The van der Waals surface area contributed by atoms with Crippen molar-refractivity contribution < 1.29 is 4.79 Å². The SMILES string of the molecule is Cc1ccc(NC(=S)NC(NC(=O)c2ccc(Br)cc2)C(Cl)(Cl)Cl)cc1C. The van der Waals surface area contributed by atoms with Crippen molar-refractivity contribution in [2.24, 2.45) is 0 Å². The highest BCUT2D eigenvalue weighted by Crippen LogP contribution is 2.29. The van der Waals surface area contributed by atoms with Crippen LogP contribution in [0.3, 0.4) is 0 Å². The first-order valence-corrected chi connectivity index (χ1v) is 10.2. The van der Waals surface area contributed by atoms with Gasteiger partial charge in [-0.2, -0.15) is 0 Å². The summed E-state index contributed by atoms with van der Waals surface area (Å²) in [6.07, 6.45) is -1.04. The molecule has 1 unspecified atom stereocenters. The summed E-state index contributed by atoms with van der Waals surface area (Å²) in [5.74, 6) is -0.402. The van der Waals surface area contributed by atoms with Gasteiger partial charge in [-0.15, -0.1) is 0 Å². The van der Waals surface area contributed by atoms with Gasteiger partial charge in [-0.25, -0.2) is 0 Å². The molecule has 0 saturated heterocycles. The standard InChI is InChI=1S/C18H17BrCl3N3OS/c1-10-3-8-14(9-11(10)2)23-17(27)25-16(18(20,21)22)24-15(26)12-4-6-13(19)7-5-12/h3-9,16H,1-2H3,(H,24,26)(H2,23,25,27). The van der Waals surface area contributed by atoms with Crippen molar-refractivity contribution in [3.63, 3.8) is 0 Å². The Kier molecular flexibility index (Phi) is 7.77. The van der Waals surface area contributed by atoms with Crippen molar-refractivity contribution in [3.8, 4) is 0 Å². The summed E-state index contributed by atoms with van der Waals surface area (Å²) >= 11 is 26.6. The van der Waals surface area contributed by atoms with Crippen molar-refractivity contribution in [1.82, 2.24) is 10.6 Å². The average molecular weight is 510 g/mol. The monoisotopic (exact) mass is 507 g/mol. The lowest BCUT2D eigenvalue weighted by Gasteiger charge is -2.28. The molecular formula is C18H17BrCl3N3OS. The van der Waals surface area contributed by atoms with E-state index >= 15 is 0 Å². The van der Waals surface area contributed by atoms with E-state index in [0.717, 1.165) is 15.7 Å². The summed E-state index contributed by atoms with van der Waals surface area (Å²) in [5.41, 5.74) is 3.50. The van der Waals surface area contributed by atoms with Gasteiger partial charge in [-0.3, -0.25) is 4.79 Å². The molecule has 9 heteroatoms. The molecule has 0 spiro atoms. The van der Waals surface area contributed by atoms with Crippen LogP contribution in [0.15, 0.2) is 46.9 Å². The molecular weight excluding hydrogens is 493 g/mol. The lowest BCUT2D eigenvalue weighted by molar-refractivity contribution is 0.0934. The Morgan fingerprint density at radius 3 is 2.22 bits per heavy atom. The zero-order chi connectivity index (χ0) is 20.2. The molecule has 0 radical (unpaired) electrons. The number of amides is 1. The number of hydrogen-bond donors (Lipinski definition) is 3. The maximum Gasteiger partial charge on any atom is 0.252 e. The maximum absolute atomic E-state index is 12.4. The molecule has 0 aliphatic carbocycles. The molecule has 27 heavy (non-hydrogen) atoms. The van der Waals surface area contributed by atoms with E-state index in [1.165, 1.54) is 5.56 Å². The average Bonchev–Trinajstić information content (AvgIpc) is 2.57. The topological polar surface area (TPSA) is 53.2 Å². The van der Waals surface area contributed by atoms with Gasteiger partial charge < -0.3 is 16.0 Å². The molecule has 2 rings (SSSR count). The molecule has 2 aromatic rings. The molecule has 0 heterocycles. The first kappa shape index (κ1) is 22.2. The molecule has 1 atom stereocenters. The molecule has 0 aliphatic heterocycles. The number of carbonyl (C=O) groups excluding carboxylic acids is 1. The number of alkyl halides is 3. The van der Waals surface area contributed by atoms with E-state index in [1.807, 2.05) is 32.0 Å². The summed E-state index contributed by atoms with van der Waals surface area (Å²) in [5, 5.41) is 8.71. The number of anilines is 1. The van der Waals surface area contributed by atoms with E-state index < -0.39 is 15.9 Å². The lowest BCUT2D eigenvalue weighted by Crippen LogP contribution is -2.56. The van der Waals surface area contributed by atoms with Crippen LogP contribution in [-0.2, 0) is 0 Å². The first-order valence-electron chi connectivity index (χ1n) is 7.84. The van der Waals surface area contributed by atoms with Gasteiger partial charge >= 0.3 is 0 Å². The van der Waals surface area contributed by atoms with E-state index in [2.05, 4.69) is 31.9 Å². The number of rotatable bonds is 4. The Balaban J connectivity index is 2.07. The molecule has 0 aliphatic rings. The Hall–Kier alpha value is -1.05. The first-order chi connectivity index (χ1) is 12.6. The minimum absolute atomic E-state index is 0.214. The van der Waals surface area contributed by atoms with Crippen LogP contribution in [0.25, 0.3) is 0 Å². The minimum Gasteiger partial charge on any atom is -0.339 e. The molecule has 4 nitrogen and oxygen atoms in total. The van der Waals surface area contributed by atoms with Crippen LogP contribution in [0.4, 0.5) is 5.69 Å². The van der Waals surface area contributed by atoms with Crippen molar-refractivity contribution in [3.05, 3.63) is 63.6 Å². The Morgan fingerprint density at radius 1 is 1.04 bits per heavy atom. The van der Waals surface area contributed by atoms with Crippen LogP contribution in [0, 0.1) is 13.8 Å². The molecule has 2 aromatic carbocycles. The van der Waals surface area contributed by atoms with Crippen LogP contribution >= 0.6 is 63.0 Å². The second-order valence-corrected chi connectivity index (χ2v) is 9.55. The summed E-state index contributed by atoms with van der Waals surface area (Å²) in [4.78, 5) is 12.4. The third-order valence-corrected chi connectivity index (χ3v) is 5.15. The summed E-state index contributed by atoms with van der Waals surface area (Å²) in [7, 11) is 0. The number of aryl methyl sites for hydroxylation is 2. The highest BCUT2D eigenvalue weighted by atomic mass is 79.9. The quantitative estimate of drug-likeness (QED) is 0.290. The number of hydrogen-bond acceptors (Lipinski definition) is 2. The van der Waals surface area contributed by atoms with Crippen LogP contribution < -0.4 is 16.0 Å². The fraction of sp³-hybridized carbons (Fsp3) is 0.222. The van der Waals surface area contributed by atoms with Gasteiger partial charge in [0.05, 0.1) is 0 Å². The summed E-state index contributed by atoms with van der Waals surface area (Å²) in [6.45, 7) is 4.02. The van der Waals surface area contributed by atoms with Crippen LogP contribution in [0.5, 0.6) is 0 Å². The van der Waals surface area contributed by atoms with Gasteiger partial charge in [0.2, 0.25) is 3.79 Å². The molecule has 144 valence electrons. The van der Waals surface area contributed by atoms with Gasteiger partial charge in [-0.05, 0) is 73.6 Å². The van der Waals surface area contributed by atoms with Gasteiger partial charge in [0, 0.05) is 15.7 Å². The van der Waals surface area contributed by atoms with E-state index in [1.54, 1.807) is 24.3 Å². The van der Waals surface area contributed by atoms with E-state index in [0.29, 0.717) is 5.56 Å². The Morgan fingerprint density at radius 2 is 1.67 bits per heavy atom. The fourth-order valence-electron chi connectivity index (χ4n) is 2.13. The highest BCUT2D eigenvalue weighted by Gasteiger charge is 2.34. The third-order valence-electron chi connectivity index (χ3n) is 3.75. The van der Waals surface area contributed by atoms with Crippen molar-refractivity contribution in [2.45, 2.75) is 23.8 Å². The molecule has 0 aromatic heterocycles. The Labute approximate surface area is 187 Å². The predicted molar refractivity (Wildman–Crippen MR) is 121 cm³/mol. The molecule has 0 bridgehead atoms. The highest BCUT2D eigenvalue weighted by molar-refractivity contribution is 9.10. The number of carbonyl (C=O) groups is 1. The van der Waals surface area contributed by atoms with Crippen molar-refractivity contribution in [2.75, 3.05) is 5.32 Å². The number of halogens is 4. The van der Waals surface area contributed by atoms with Crippen LogP contribution in [0.2, 0.25) is 0 Å². The largest absolute Gasteiger partial charge is 0.339 e.